The molecule has 1 aromatic carbocycles. The highest BCUT2D eigenvalue weighted by molar-refractivity contribution is 9.10. The van der Waals surface area contributed by atoms with Gasteiger partial charge in [-0.25, -0.2) is 0 Å². The number of hydrogen-bond acceptors (Lipinski definition) is 2. The van der Waals surface area contributed by atoms with Crippen LogP contribution >= 0.6 is 15.9 Å². The second-order valence-electron chi connectivity index (χ2n) is 4.13. The van der Waals surface area contributed by atoms with Crippen LogP contribution < -0.4 is 10.6 Å². The molecule has 15 heavy (non-hydrogen) atoms. The zero-order valence-electron chi connectivity index (χ0n) is 8.96. The van der Waals surface area contributed by atoms with Crippen molar-refractivity contribution in [2.24, 2.45) is 0 Å². The Hall–Kier alpha value is -0.380. The number of rotatable bonds is 3. The van der Waals surface area contributed by atoms with Crippen molar-refractivity contribution >= 4 is 15.9 Å². The maximum absolute atomic E-state index is 3.64. The highest BCUT2D eigenvalue weighted by Gasteiger charge is 2.16. The number of halogens is 1. The van der Waals surface area contributed by atoms with Crippen LogP contribution in [0.5, 0.6) is 0 Å². The lowest BCUT2D eigenvalue weighted by Crippen LogP contribution is -2.33. The molecule has 0 radical (unpaired) electrons. The van der Waals surface area contributed by atoms with Gasteiger partial charge < -0.3 is 10.6 Å². The van der Waals surface area contributed by atoms with E-state index in [1.54, 1.807) is 0 Å². The molecule has 2 N–H and O–H groups in total. The summed E-state index contributed by atoms with van der Waals surface area (Å²) >= 11 is 3.50. The van der Waals surface area contributed by atoms with Gasteiger partial charge in [0.1, 0.15) is 0 Å². The number of nitrogens with one attached hydrogen (secondary N) is 2. The van der Waals surface area contributed by atoms with Crippen LogP contribution in [0.3, 0.4) is 0 Å². The van der Waals surface area contributed by atoms with E-state index >= 15 is 0 Å². The molecule has 1 fully saturated rings. The molecule has 1 aliphatic heterocycles. The van der Waals surface area contributed by atoms with Gasteiger partial charge in [0.05, 0.1) is 0 Å². The van der Waals surface area contributed by atoms with Crippen molar-refractivity contribution in [1.82, 2.24) is 10.6 Å². The third-order valence-corrected chi connectivity index (χ3v) is 3.39. The van der Waals surface area contributed by atoms with Crippen LogP contribution in [-0.4, -0.2) is 19.1 Å². The van der Waals surface area contributed by atoms with Gasteiger partial charge in [0.15, 0.2) is 0 Å². The summed E-state index contributed by atoms with van der Waals surface area (Å²) in [6.07, 6.45) is 1.23. The smallest absolute Gasteiger partial charge is 0.0295 e. The number of benzene rings is 1. The normalized spacial score (nSPS) is 22.9. The van der Waals surface area contributed by atoms with Crippen molar-refractivity contribution < 1.29 is 0 Å². The second kappa shape index (κ2) is 5.10. The van der Waals surface area contributed by atoms with E-state index in [9.17, 15) is 0 Å². The van der Waals surface area contributed by atoms with Gasteiger partial charge in [0, 0.05) is 23.1 Å². The average molecular weight is 269 g/mol. The first-order valence-corrected chi connectivity index (χ1v) is 6.27. The molecular weight excluding hydrogens is 252 g/mol. The molecule has 1 saturated heterocycles. The molecule has 1 unspecified atom stereocenters. The fourth-order valence-electron chi connectivity index (χ4n) is 2.02. The summed E-state index contributed by atoms with van der Waals surface area (Å²) in [5.41, 5.74) is 1.34. The van der Waals surface area contributed by atoms with Gasteiger partial charge in [-0.2, -0.15) is 0 Å². The monoisotopic (exact) mass is 268 g/mol. The van der Waals surface area contributed by atoms with E-state index in [1.807, 2.05) is 0 Å². The van der Waals surface area contributed by atoms with Gasteiger partial charge in [-0.3, -0.25) is 0 Å². The molecule has 0 spiro atoms. The van der Waals surface area contributed by atoms with E-state index < -0.39 is 0 Å². The first-order chi connectivity index (χ1) is 7.25. The van der Waals surface area contributed by atoms with Crippen molar-refractivity contribution in [2.75, 3.05) is 13.1 Å². The Balaban J connectivity index is 1.97. The van der Waals surface area contributed by atoms with Crippen LogP contribution in [0.4, 0.5) is 0 Å². The Morgan fingerprint density at radius 3 is 3.07 bits per heavy atom. The summed E-state index contributed by atoms with van der Waals surface area (Å²) in [6.45, 7) is 4.46. The first-order valence-electron chi connectivity index (χ1n) is 5.48. The molecule has 2 rings (SSSR count). The molecular formula is C12H17BrN2. The molecule has 3 heteroatoms. The molecule has 0 bridgehead atoms. The van der Waals surface area contributed by atoms with Crippen LogP contribution in [0.25, 0.3) is 0 Å². The zero-order valence-corrected chi connectivity index (χ0v) is 10.5. The van der Waals surface area contributed by atoms with Crippen LogP contribution in [0.1, 0.15) is 24.9 Å². The minimum absolute atomic E-state index is 0.424. The third-order valence-electron chi connectivity index (χ3n) is 2.89. The summed E-state index contributed by atoms with van der Waals surface area (Å²) in [5.74, 6) is 0. The lowest BCUT2D eigenvalue weighted by atomic mass is 10.1. The van der Waals surface area contributed by atoms with Gasteiger partial charge in [0.25, 0.3) is 0 Å². The lowest BCUT2D eigenvalue weighted by molar-refractivity contribution is 0.478. The van der Waals surface area contributed by atoms with Crippen molar-refractivity contribution in [3.63, 3.8) is 0 Å². The van der Waals surface area contributed by atoms with E-state index in [4.69, 9.17) is 0 Å². The molecule has 1 aliphatic rings. The maximum Gasteiger partial charge on any atom is 0.0295 e. The predicted octanol–water partition coefficient (Wildman–Crippen LogP) is 2.46. The molecule has 0 amide bonds. The first kappa shape index (κ1) is 11.1. The molecule has 0 saturated carbocycles. The second-order valence-corrected chi connectivity index (χ2v) is 5.05. The lowest BCUT2D eigenvalue weighted by Gasteiger charge is -2.19. The third kappa shape index (κ3) is 3.03. The average Bonchev–Trinajstić information content (AvgIpc) is 2.70. The summed E-state index contributed by atoms with van der Waals surface area (Å²) < 4.78 is 1.15. The van der Waals surface area contributed by atoms with E-state index in [2.05, 4.69) is 57.8 Å². The molecule has 0 aromatic heterocycles. The van der Waals surface area contributed by atoms with Crippen LogP contribution in [0.15, 0.2) is 28.7 Å². The van der Waals surface area contributed by atoms with E-state index in [-0.39, 0.29) is 0 Å². The van der Waals surface area contributed by atoms with Crippen molar-refractivity contribution in [3.05, 3.63) is 34.3 Å². The van der Waals surface area contributed by atoms with Gasteiger partial charge in [-0.15, -0.1) is 0 Å². The van der Waals surface area contributed by atoms with E-state index in [1.165, 1.54) is 12.0 Å². The highest BCUT2D eigenvalue weighted by Crippen LogP contribution is 2.18. The fourth-order valence-corrected chi connectivity index (χ4v) is 2.44. The minimum atomic E-state index is 0.424. The Kier molecular flexibility index (Phi) is 3.78. The largest absolute Gasteiger partial charge is 0.315 e. The van der Waals surface area contributed by atoms with Gasteiger partial charge >= 0.3 is 0 Å². The standard InChI is InChI=1S/C12H17BrN2/c1-9(15-12-5-6-14-8-12)10-3-2-4-11(13)7-10/h2-4,7,9,12,14-15H,5-6,8H2,1H3/t9-,12?/m0/s1. The molecule has 0 aliphatic carbocycles. The maximum atomic E-state index is 3.64. The summed E-state index contributed by atoms with van der Waals surface area (Å²) in [4.78, 5) is 0. The van der Waals surface area contributed by atoms with Crippen molar-refractivity contribution in [2.45, 2.75) is 25.4 Å². The zero-order chi connectivity index (χ0) is 10.7. The Morgan fingerprint density at radius 1 is 1.53 bits per heavy atom. The van der Waals surface area contributed by atoms with Crippen LogP contribution in [0, 0.1) is 0 Å². The van der Waals surface area contributed by atoms with Gasteiger partial charge in [-0.05, 0) is 37.6 Å². The molecule has 1 aromatic rings. The summed E-state index contributed by atoms with van der Waals surface area (Å²) in [7, 11) is 0. The molecule has 1 heterocycles. The molecule has 2 atom stereocenters. The number of hydrogen-bond donors (Lipinski definition) is 2. The minimum Gasteiger partial charge on any atom is -0.315 e. The Labute approximate surface area is 99.6 Å². The van der Waals surface area contributed by atoms with E-state index in [0.717, 1.165) is 17.6 Å². The predicted molar refractivity (Wildman–Crippen MR) is 67.0 cm³/mol. The Bertz CT molecular complexity index is 321. The highest BCUT2D eigenvalue weighted by atomic mass is 79.9. The topological polar surface area (TPSA) is 24.1 Å². The summed E-state index contributed by atoms with van der Waals surface area (Å²) in [5, 5.41) is 7.01. The molecule has 82 valence electrons. The van der Waals surface area contributed by atoms with Crippen LogP contribution in [0.2, 0.25) is 0 Å². The molecule has 2 nitrogen and oxygen atoms in total. The quantitative estimate of drug-likeness (QED) is 0.880. The van der Waals surface area contributed by atoms with Gasteiger partial charge in [0.2, 0.25) is 0 Å². The Morgan fingerprint density at radius 2 is 2.40 bits per heavy atom. The van der Waals surface area contributed by atoms with Crippen molar-refractivity contribution in [1.29, 1.82) is 0 Å². The summed E-state index contributed by atoms with van der Waals surface area (Å²) in [6, 6.07) is 9.55. The van der Waals surface area contributed by atoms with Crippen molar-refractivity contribution in [3.8, 4) is 0 Å². The fraction of sp³-hybridized carbons (Fsp3) is 0.500. The van der Waals surface area contributed by atoms with Gasteiger partial charge in [-0.1, -0.05) is 28.1 Å². The SMILES string of the molecule is C[C@H](NC1CCNC1)c1cccc(Br)c1. The van der Waals surface area contributed by atoms with Crippen LogP contribution in [-0.2, 0) is 0 Å². The van der Waals surface area contributed by atoms with E-state index in [0.29, 0.717) is 12.1 Å².